The predicted octanol–water partition coefficient (Wildman–Crippen LogP) is 2.94. The molecule has 0 fully saturated rings. The SMILES string of the molecule is c1ccc2cc(-c3ncc4c(n3)CCNC4)ccc2c1. The summed E-state index contributed by atoms with van der Waals surface area (Å²) < 4.78 is 0. The number of nitrogens with zero attached hydrogens (tertiary/aromatic N) is 2. The summed E-state index contributed by atoms with van der Waals surface area (Å²) >= 11 is 0. The minimum atomic E-state index is 0.830. The Kier molecular flexibility index (Phi) is 2.71. The van der Waals surface area contributed by atoms with Crippen LogP contribution in [0.3, 0.4) is 0 Å². The molecule has 98 valence electrons. The number of benzene rings is 2. The quantitative estimate of drug-likeness (QED) is 0.732. The van der Waals surface area contributed by atoms with Gasteiger partial charge in [0.25, 0.3) is 0 Å². The summed E-state index contributed by atoms with van der Waals surface area (Å²) in [6.07, 6.45) is 2.94. The van der Waals surface area contributed by atoms with Crippen LogP contribution >= 0.6 is 0 Å². The van der Waals surface area contributed by atoms with Crippen molar-refractivity contribution in [3.05, 3.63) is 59.9 Å². The first kappa shape index (κ1) is 11.6. The molecular weight excluding hydrogens is 246 g/mol. The maximum atomic E-state index is 4.74. The Bertz CT molecular complexity index is 780. The molecule has 0 radical (unpaired) electrons. The van der Waals surface area contributed by atoms with E-state index in [0.29, 0.717) is 0 Å². The van der Waals surface area contributed by atoms with Gasteiger partial charge in [0.2, 0.25) is 0 Å². The molecule has 2 aromatic carbocycles. The van der Waals surface area contributed by atoms with Gasteiger partial charge in [-0.15, -0.1) is 0 Å². The van der Waals surface area contributed by atoms with Crippen LogP contribution in [0.4, 0.5) is 0 Å². The van der Waals surface area contributed by atoms with Gasteiger partial charge >= 0.3 is 0 Å². The molecule has 0 spiro atoms. The molecule has 0 atom stereocenters. The molecule has 2 heterocycles. The van der Waals surface area contributed by atoms with Crippen LogP contribution in [-0.2, 0) is 13.0 Å². The molecule has 0 unspecified atom stereocenters. The van der Waals surface area contributed by atoms with Crippen LogP contribution in [0.5, 0.6) is 0 Å². The molecule has 20 heavy (non-hydrogen) atoms. The number of hydrogen-bond donors (Lipinski definition) is 1. The highest BCUT2D eigenvalue weighted by Gasteiger charge is 2.12. The predicted molar refractivity (Wildman–Crippen MR) is 80.4 cm³/mol. The lowest BCUT2D eigenvalue weighted by molar-refractivity contribution is 0.626. The number of fused-ring (bicyclic) bond motifs is 2. The van der Waals surface area contributed by atoms with E-state index in [0.717, 1.165) is 30.9 Å². The summed E-state index contributed by atoms with van der Waals surface area (Å²) in [6.45, 7) is 1.88. The Morgan fingerprint density at radius 1 is 1.00 bits per heavy atom. The standard InChI is InChI=1S/C17H15N3/c1-2-4-13-9-14(6-5-12(13)3-1)17-19-11-15-10-18-8-7-16(15)20-17/h1-6,9,11,18H,7-8,10H2. The maximum Gasteiger partial charge on any atom is 0.159 e. The van der Waals surface area contributed by atoms with E-state index in [9.17, 15) is 0 Å². The van der Waals surface area contributed by atoms with Crippen molar-refractivity contribution in [1.29, 1.82) is 0 Å². The number of rotatable bonds is 1. The highest BCUT2D eigenvalue weighted by Crippen LogP contribution is 2.23. The minimum absolute atomic E-state index is 0.830. The second-order valence-electron chi connectivity index (χ2n) is 5.15. The molecule has 0 saturated carbocycles. The maximum absolute atomic E-state index is 4.74. The molecule has 1 aromatic heterocycles. The van der Waals surface area contributed by atoms with Crippen molar-refractivity contribution in [1.82, 2.24) is 15.3 Å². The van der Waals surface area contributed by atoms with E-state index >= 15 is 0 Å². The number of hydrogen-bond acceptors (Lipinski definition) is 3. The monoisotopic (exact) mass is 261 g/mol. The number of aromatic nitrogens is 2. The van der Waals surface area contributed by atoms with Crippen LogP contribution in [0.1, 0.15) is 11.3 Å². The molecule has 1 aliphatic heterocycles. The summed E-state index contributed by atoms with van der Waals surface area (Å²) in [5, 5.41) is 5.82. The lowest BCUT2D eigenvalue weighted by Crippen LogP contribution is -2.24. The fourth-order valence-corrected chi connectivity index (χ4v) is 2.70. The fraction of sp³-hybridized carbons (Fsp3) is 0.176. The normalized spacial score (nSPS) is 14.2. The van der Waals surface area contributed by atoms with Gasteiger partial charge in [-0.1, -0.05) is 36.4 Å². The lowest BCUT2D eigenvalue weighted by Gasteiger charge is -2.16. The van der Waals surface area contributed by atoms with Crippen molar-refractivity contribution < 1.29 is 0 Å². The Morgan fingerprint density at radius 3 is 2.85 bits per heavy atom. The second kappa shape index (κ2) is 4.69. The highest BCUT2D eigenvalue weighted by atomic mass is 14.9. The molecule has 0 amide bonds. The van der Waals surface area contributed by atoms with Crippen molar-refractivity contribution in [3.8, 4) is 11.4 Å². The van der Waals surface area contributed by atoms with Gasteiger partial charge in [-0.3, -0.25) is 0 Å². The van der Waals surface area contributed by atoms with Gasteiger partial charge in [0.1, 0.15) is 0 Å². The van der Waals surface area contributed by atoms with Crippen molar-refractivity contribution in [2.24, 2.45) is 0 Å². The smallest absolute Gasteiger partial charge is 0.159 e. The van der Waals surface area contributed by atoms with Gasteiger partial charge < -0.3 is 5.32 Å². The second-order valence-corrected chi connectivity index (χ2v) is 5.15. The van der Waals surface area contributed by atoms with E-state index in [1.54, 1.807) is 0 Å². The summed E-state index contributed by atoms with van der Waals surface area (Å²) in [5.74, 6) is 0.830. The largest absolute Gasteiger partial charge is 0.312 e. The van der Waals surface area contributed by atoms with E-state index < -0.39 is 0 Å². The third kappa shape index (κ3) is 1.96. The Morgan fingerprint density at radius 2 is 1.90 bits per heavy atom. The summed E-state index contributed by atoms with van der Waals surface area (Å²) in [4.78, 5) is 9.26. The van der Waals surface area contributed by atoms with Crippen LogP contribution in [0.2, 0.25) is 0 Å². The van der Waals surface area contributed by atoms with Crippen LogP contribution in [-0.4, -0.2) is 16.5 Å². The third-order valence-corrected chi connectivity index (χ3v) is 3.82. The van der Waals surface area contributed by atoms with Gasteiger partial charge in [0.15, 0.2) is 5.82 Å². The Labute approximate surface area is 117 Å². The first-order valence-corrected chi connectivity index (χ1v) is 6.95. The van der Waals surface area contributed by atoms with Crippen LogP contribution in [0.25, 0.3) is 22.2 Å². The molecule has 1 N–H and O–H groups in total. The van der Waals surface area contributed by atoms with Crippen molar-refractivity contribution in [3.63, 3.8) is 0 Å². The van der Waals surface area contributed by atoms with Gasteiger partial charge in [0.05, 0.1) is 5.69 Å². The van der Waals surface area contributed by atoms with Gasteiger partial charge in [-0.25, -0.2) is 9.97 Å². The molecule has 0 saturated heterocycles. The molecule has 4 rings (SSSR count). The van der Waals surface area contributed by atoms with E-state index in [-0.39, 0.29) is 0 Å². The molecule has 3 nitrogen and oxygen atoms in total. The van der Waals surface area contributed by atoms with Crippen molar-refractivity contribution >= 4 is 10.8 Å². The van der Waals surface area contributed by atoms with Crippen LogP contribution in [0.15, 0.2) is 48.7 Å². The molecule has 3 aromatic rings. The number of nitrogens with one attached hydrogen (secondary N) is 1. The average Bonchev–Trinajstić information content (AvgIpc) is 2.54. The molecule has 0 aliphatic carbocycles. The zero-order valence-electron chi connectivity index (χ0n) is 11.1. The highest BCUT2D eigenvalue weighted by molar-refractivity contribution is 5.86. The molecule has 0 bridgehead atoms. The Balaban J connectivity index is 1.82. The molecule has 1 aliphatic rings. The van der Waals surface area contributed by atoms with Gasteiger partial charge in [0, 0.05) is 36.8 Å². The van der Waals surface area contributed by atoms with Crippen molar-refractivity contribution in [2.45, 2.75) is 13.0 Å². The van der Waals surface area contributed by atoms with Crippen LogP contribution < -0.4 is 5.32 Å². The summed E-state index contributed by atoms with van der Waals surface area (Å²) in [7, 11) is 0. The van der Waals surface area contributed by atoms with Crippen LogP contribution in [0, 0.1) is 0 Å². The molecular formula is C17H15N3. The van der Waals surface area contributed by atoms with Gasteiger partial charge in [-0.2, -0.15) is 0 Å². The van der Waals surface area contributed by atoms with E-state index in [1.807, 2.05) is 6.20 Å². The zero-order valence-corrected chi connectivity index (χ0v) is 11.1. The minimum Gasteiger partial charge on any atom is -0.312 e. The molecule has 3 heteroatoms. The first-order valence-electron chi connectivity index (χ1n) is 6.95. The lowest BCUT2D eigenvalue weighted by atomic mass is 10.1. The summed E-state index contributed by atoms with van der Waals surface area (Å²) in [5.41, 5.74) is 3.49. The van der Waals surface area contributed by atoms with Gasteiger partial charge in [-0.05, 0) is 16.8 Å². The van der Waals surface area contributed by atoms with Crippen molar-refractivity contribution in [2.75, 3.05) is 6.54 Å². The topological polar surface area (TPSA) is 37.8 Å². The third-order valence-electron chi connectivity index (χ3n) is 3.82. The van der Waals surface area contributed by atoms with E-state index in [2.05, 4.69) is 52.8 Å². The zero-order chi connectivity index (χ0) is 13.4. The van der Waals surface area contributed by atoms with E-state index in [1.165, 1.54) is 22.0 Å². The Hall–Kier alpha value is -2.26. The summed E-state index contributed by atoms with van der Waals surface area (Å²) in [6, 6.07) is 14.8. The average molecular weight is 261 g/mol. The fourth-order valence-electron chi connectivity index (χ4n) is 2.70. The first-order chi connectivity index (χ1) is 9.90. The van der Waals surface area contributed by atoms with E-state index in [4.69, 9.17) is 4.98 Å².